The Labute approximate surface area is 166 Å². The lowest BCUT2D eigenvalue weighted by Crippen LogP contribution is -2.09. The van der Waals surface area contributed by atoms with Crippen molar-refractivity contribution in [2.24, 2.45) is 0 Å². The minimum absolute atomic E-state index is 0.496. The monoisotopic (exact) mass is 390 g/mol. The number of benzene rings is 3. The van der Waals surface area contributed by atoms with Crippen molar-refractivity contribution < 1.29 is 13.2 Å². The number of para-hydroxylation sites is 2. The summed E-state index contributed by atoms with van der Waals surface area (Å²) in [5.41, 5.74) is 3.47. The minimum atomic E-state index is -4.39. The largest absolute Gasteiger partial charge is 0.417 e. The van der Waals surface area contributed by atoms with E-state index in [9.17, 15) is 13.2 Å². The minimum Gasteiger partial charge on any atom is -0.311 e. The summed E-state index contributed by atoms with van der Waals surface area (Å²) in [4.78, 5) is 6.09. The van der Waals surface area contributed by atoms with Gasteiger partial charge in [0.15, 0.2) is 0 Å². The molecule has 2 nitrogen and oxygen atoms in total. The molecule has 0 fully saturated rings. The van der Waals surface area contributed by atoms with Gasteiger partial charge in [-0.2, -0.15) is 13.2 Å². The highest BCUT2D eigenvalue weighted by atomic mass is 19.4. The second kappa shape index (κ2) is 7.80. The van der Waals surface area contributed by atoms with Gasteiger partial charge in [-0.05, 0) is 48.5 Å². The molecule has 5 heteroatoms. The molecule has 0 aliphatic rings. The van der Waals surface area contributed by atoms with Crippen molar-refractivity contribution in [3.63, 3.8) is 0 Å². The smallest absolute Gasteiger partial charge is 0.311 e. The summed E-state index contributed by atoms with van der Waals surface area (Å²) < 4.78 is 38.2. The molecule has 0 aliphatic carbocycles. The molecule has 0 spiro atoms. The molecular weight excluding hydrogens is 373 g/mol. The molecule has 1 heterocycles. The van der Waals surface area contributed by atoms with E-state index in [0.717, 1.165) is 34.9 Å². The number of rotatable bonds is 4. The zero-order valence-corrected chi connectivity index (χ0v) is 15.3. The zero-order valence-electron chi connectivity index (χ0n) is 15.3. The summed E-state index contributed by atoms with van der Waals surface area (Å²) in [5.74, 6) is 0. The quantitative estimate of drug-likeness (QED) is 0.365. The molecular formula is C24H17F3N2. The molecule has 4 rings (SSSR count). The van der Waals surface area contributed by atoms with Crippen molar-refractivity contribution in [2.75, 3.05) is 4.90 Å². The van der Waals surface area contributed by atoms with E-state index >= 15 is 0 Å². The lowest BCUT2D eigenvalue weighted by molar-refractivity contribution is -0.137. The van der Waals surface area contributed by atoms with Crippen molar-refractivity contribution in [2.45, 2.75) is 6.18 Å². The van der Waals surface area contributed by atoms with Gasteiger partial charge in [0.25, 0.3) is 0 Å². The molecule has 4 aromatic rings. The van der Waals surface area contributed by atoms with Crippen LogP contribution in [-0.4, -0.2) is 4.98 Å². The van der Waals surface area contributed by atoms with Crippen molar-refractivity contribution in [3.05, 3.63) is 109 Å². The fourth-order valence-electron chi connectivity index (χ4n) is 3.11. The van der Waals surface area contributed by atoms with Crippen molar-refractivity contribution in [1.82, 2.24) is 4.98 Å². The van der Waals surface area contributed by atoms with E-state index in [-0.39, 0.29) is 0 Å². The van der Waals surface area contributed by atoms with Gasteiger partial charge in [-0.1, -0.05) is 48.5 Å². The molecule has 0 atom stereocenters. The second-order valence-corrected chi connectivity index (χ2v) is 6.48. The first-order chi connectivity index (χ1) is 14.0. The van der Waals surface area contributed by atoms with Crippen LogP contribution in [0.5, 0.6) is 0 Å². The maximum atomic E-state index is 12.7. The third-order valence-corrected chi connectivity index (χ3v) is 4.54. The second-order valence-electron chi connectivity index (χ2n) is 6.48. The topological polar surface area (TPSA) is 16.1 Å². The summed E-state index contributed by atoms with van der Waals surface area (Å²) in [6, 6.07) is 30.0. The predicted molar refractivity (Wildman–Crippen MR) is 109 cm³/mol. The fraction of sp³-hybridized carbons (Fsp3) is 0.0417. The normalized spacial score (nSPS) is 11.3. The Kier molecular flexibility index (Phi) is 5.04. The third kappa shape index (κ3) is 4.14. The van der Waals surface area contributed by atoms with Gasteiger partial charge in [0, 0.05) is 28.8 Å². The van der Waals surface area contributed by atoms with E-state index < -0.39 is 11.7 Å². The van der Waals surface area contributed by atoms with Gasteiger partial charge in [-0.3, -0.25) is 4.98 Å². The molecule has 0 saturated heterocycles. The Bertz CT molecular complexity index is 1020. The molecule has 29 heavy (non-hydrogen) atoms. The van der Waals surface area contributed by atoms with E-state index in [1.165, 1.54) is 6.07 Å². The lowest BCUT2D eigenvalue weighted by atomic mass is 10.1. The number of alkyl halides is 3. The van der Waals surface area contributed by atoms with Crippen LogP contribution in [0.3, 0.4) is 0 Å². The number of aromatic nitrogens is 1. The molecule has 0 N–H and O–H groups in total. The fourth-order valence-corrected chi connectivity index (χ4v) is 3.11. The first-order valence-electron chi connectivity index (χ1n) is 9.06. The van der Waals surface area contributed by atoms with Crippen LogP contribution < -0.4 is 4.90 Å². The average molecular weight is 390 g/mol. The average Bonchev–Trinajstić information content (AvgIpc) is 2.76. The molecule has 0 aliphatic heterocycles. The third-order valence-electron chi connectivity index (χ3n) is 4.54. The number of hydrogen-bond acceptors (Lipinski definition) is 2. The van der Waals surface area contributed by atoms with Crippen LogP contribution in [0.4, 0.5) is 30.2 Å². The first kappa shape index (κ1) is 18.7. The van der Waals surface area contributed by atoms with Crippen LogP contribution in [0.1, 0.15) is 5.56 Å². The number of pyridine rings is 1. The van der Waals surface area contributed by atoms with Crippen LogP contribution in [-0.2, 0) is 6.18 Å². The van der Waals surface area contributed by atoms with E-state index in [1.54, 1.807) is 0 Å². The van der Waals surface area contributed by atoms with Gasteiger partial charge in [0.2, 0.25) is 0 Å². The van der Waals surface area contributed by atoms with Gasteiger partial charge in [0.1, 0.15) is 0 Å². The summed E-state index contributed by atoms with van der Waals surface area (Å²) >= 11 is 0. The number of anilines is 3. The van der Waals surface area contributed by atoms with Crippen LogP contribution >= 0.6 is 0 Å². The van der Waals surface area contributed by atoms with Crippen molar-refractivity contribution in [1.29, 1.82) is 0 Å². The van der Waals surface area contributed by atoms with Crippen molar-refractivity contribution in [3.8, 4) is 11.3 Å². The van der Waals surface area contributed by atoms with Gasteiger partial charge >= 0.3 is 6.18 Å². The van der Waals surface area contributed by atoms with Crippen LogP contribution in [0, 0.1) is 0 Å². The van der Waals surface area contributed by atoms with E-state index in [1.807, 2.05) is 84.9 Å². The number of nitrogens with zero attached hydrogens (tertiary/aromatic N) is 2. The van der Waals surface area contributed by atoms with Crippen LogP contribution in [0.25, 0.3) is 11.3 Å². The molecule has 144 valence electrons. The predicted octanol–water partition coefficient (Wildman–Crippen LogP) is 7.24. The van der Waals surface area contributed by atoms with E-state index in [2.05, 4.69) is 9.88 Å². The number of halogens is 3. The highest BCUT2D eigenvalue weighted by molar-refractivity contribution is 5.77. The highest BCUT2D eigenvalue weighted by Crippen LogP contribution is 2.35. The van der Waals surface area contributed by atoms with Gasteiger partial charge < -0.3 is 4.90 Å². The highest BCUT2D eigenvalue weighted by Gasteiger charge is 2.30. The van der Waals surface area contributed by atoms with E-state index in [4.69, 9.17) is 0 Å². The Balaban J connectivity index is 1.68. The SMILES string of the molecule is FC(F)(F)c1ccc(-c2ccc(N(c3ccccc3)c3ccccc3)cc2)nc1. The first-order valence-corrected chi connectivity index (χ1v) is 9.06. The lowest BCUT2D eigenvalue weighted by Gasteiger charge is -2.25. The maximum absolute atomic E-state index is 12.7. The van der Waals surface area contributed by atoms with Gasteiger partial charge in [-0.15, -0.1) is 0 Å². The molecule has 3 aromatic carbocycles. The van der Waals surface area contributed by atoms with Crippen molar-refractivity contribution >= 4 is 17.1 Å². The Morgan fingerprint density at radius 1 is 0.586 bits per heavy atom. The Morgan fingerprint density at radius 2 is 1.10 bits per heavy atom. The molecule has 0 radical (unpaired) electrons. The molecule has 0 saturated carbocycles. The maximum Gasteiger partial charge on any atom is 0.417 e. The summed E-state index contributed by atoms with van der Waals surface area (Å²) in [6.07, 6.45) is -3.52. The van der Waals surface area contributed by atoms with Gasteiger partial charge in [0.05, 0.1) is 11.3 Å². The molecule has 0 amide bonds. The summed E-state index contributed by atoms with van der Waals surface area (Å²) in [6.45, 7) is 0. The molecule has 0 bridgehead atoms. The summed E-state index contributed by atoms with van der Waals surface area (Å²) in [5, 5.41) is 0. The van der Waals surface area contributed by atoms with E-state index in [0.29, 0.717) is 5.69 Å². The Morgan fingerprint density at radius 3 is 1.55 bits per heavy atom. The standard InChI is InChI=1S/C24H17F3N2/c25-24(26,27)19-13-16-23(28-17-19)18-11-14-22(15-12-18)29(20-7-3-1-4-8-20)21-9-5-2-6-10-21/h1-17H. The molecule has 0 unspecified atom stereocenters. The number of hydrogen-bond donors (Lipinski definition) is 0. The van der Waals surface area contributed by atoms with Gasteiger partial charge in [-0.25, -0.2) is 0 Å². The Hall–Kier alpha value is -3.60. The van der Waals surface area contributed by atoms with Crippen LogP contribution in [0.2, 0.25) is 0 Å². The zero-order chi connectivity index (χ0) is 20.3. The van der Waals surface area contributed by atoms with Crippen LogP contribution in [0.15, 0.2) is 103 Å². The molecule has 1 aromatic heterocycles. The summed E-state index contributed by atoms with van der Waals surface area (Å²) in [7, 11) is 0.